The maximum absolute atomic E-state index is 2.39. The Bertz CT molecular complexity index is 1420. The molecular weight excluding hydrogens is 336 g/mol. The lowest BCUT2D eigenvalue weighted by atomic mass is 9.90. The molecule has 0 spiro atoms. The van der Waals surface area contributed by atoms with Gasteiger partial charge < -0.3 is 0 Å². The van der Waals surface area contributed by atoms with Crippen LogP contribution < -0.4 is 0 Å². The molecule has 0 saturated carbocycles. The molecule has 132 valence electrons. The molecular formula is C28H20. The summed E-state index contributed by atoms with van der Waals surface area (Å²) in [4.78, 5) is 0. The van der Waals surface area contributed by atoms with Gasteiger partial charge >= 0.3 is 0 Å². The van der Waals surface area contributed by atoms with E-state index in [0.29, 0.717) is 0 Å². The summed E-state index contributed by atoms with van der Waals surface area (Å²) in [5, 5.41) is 5.40. The van der Waals surface area contributed by atoms with Gasteiger partial charge in [-0.05, 0) is 80.4 Å². The first-order valence-corrected chi connectivity index (χ1v) is 9.87. The van der Waals surface area contributed by atoms with E-state index in [0.717, 1.165) is 0 Å². The molecule has 1 aliphatic carbocycles. The van der Waals surface area contributed by atoms with Crippen molar-refractivity contribution in [1.82, 2.24) is 0 Å². The third kappa shape index (κ3) is 2.06. The minimum absolute atomic E-state index is 1.30. The maximum atomic E-state index is 2.39. The second kappa shape index (κ2) is 5.56. The first kappa shape index (κ1) is 15.7. The summed E-state index contributed by atoms with van der Waals surface area (Å²) in [5.74, 6) is 0. The topological polar surface area (TPSA) is 0 Å². The molecule has 1 aliphatic rings. The Morgan fingerprint density at radius 2 is 1.29 bits per heavy atom. The van der Waals surface area contributed by atoms with Crippen molar-refractivity contribution in [3.05, 3.63) is 96.1 Å². The van der Waals surface area contributed by atoms with Crippen molar-refractivity contribution in [2.24, 2.45) is 0 Å². The fourth-order valence-corrected chi connectivity index (χ4v) is 4.91. The van der Waals surface area contributed by atoms with Crippen LogP contribution >= 0.6 is 0 Å². The van der Waals surface area contributed by atoms with E-state index in [-0.39, 0.29) is 0 Å². The van der Waals surface area contributed by atoms with Gasteiger partial charge in [0.2, 0.25) is 0 Å². The van der Waals surface area contributed by atoms with Crippen molar-refractivity contribution in [2.75, 3.05) is 0 Å². The Morgan fingerprint density at radius 3 is 2.18 bits per heavy atom. The molecule has 5 aromatic carbocycles. The Morgan fingerprint density at radius 1 is 0.500 bits per heavy atom. The van der Waals surface area contributed by atoms with E-state index in [1.807, 2.05) is 0 Å². The summed E-state index contributed by atoms with van der Waals surface area (Å²) in [5.41, 5.74) is 10.7. The molecule has 6 rings (SSSR count). The van der Waals surface area contributed by atoms with Crippen LogP contribution in [0.2, 0.25) is 0 Å². The van der Waals surface area contributed by atoms with Gasteiger partial charge in [0.05, 0.1) is 0 Å². The van der Waals surface area contributed by atoms with Crippen molar-refractivity contribution in [1.29, 1.82) is 0 Å². The van der Waals surface area contributed by atoms with Crippen molar-refractivity contribution in [3.8, 4) is 33.4 Å². The lowest BCUT2D eigenvalue weighted by Crippen LogP contribution is -1.88. The molecule has 0 saturated heterocycles. The molecule has 0 fully saturated rings. The van der Waals surface area contributed by atoms with Gasteiger partial charge in [0.25, 0.3) is 0 Å². The standard InChI is InChI=1S/C28H20/c1-17-7-5-9-19(13-17)24-14-18(2)15-25-23-12-6-11-22-21-10-4-3-8-20(21)16-26(27(22)23)28(24)25/h3-16H,1-2H3. The normalized spacial score (nSPS) is 11.9. The van der Waals surface area contributed by atoms with Crippen LogP contribution in [0.5, 0.6) is 0 Å². The van der Waals surface area contributed by atoms with Crippen LogP contribution in [-0.4, -0.2) is 0 Å². The highest BCUT2D eigenvalue weighted by atomic mass is 14.3. The summed E-state index contributed by atoms with van der Waals surface area (Å²) in [6.45, 7) is 4.38. The average Bonchev–Trinajstić information content (AvgIpc) is 3.02. The third-order valence-electron chi connectivity index (χ3n) is 6.06. The molecule has 28 heavy (non-hydrogen) atoms. The molecule has 0 unspecified atom stereocenters. The van der Waals surface area contributed by atoms with E-state index in [9.17, 15) is 0 Å². The van der Waals surface area contributed by atoms with Crippen LogP contribution in [0.4, 0.5) is 0 Å². The Hall–Kier alpha value is -3.38. The predicted molar refractivity (Wildman–Crippen MR) is 121 cm³/mol. The van der Waals surface area contributed by atoms with Crippen molar-refractivity contribution in [2.45, 2.75) is 13.8 Å². The molecule has 0 bridgehead atoms. The molecule has 0 aromatic heterocycles. The van der Waals surface area contributed by atoms with Gasteiger partial charge in [-0.2, -0.15) is 0 Å². The highest BCUT2D eigenvalue weighted by Gasteiger charge is 2.25. The number of benzene rings is 5. The van der Waals surface area contributed by atoms with E-state index in [2.05, 4.69) is 98.8 Å². The van der Waals surface area contributed by atoms with E-state index >= 15 is 0 Å². The molecule has 0 radical (unpaired) electrons. The number of rotatable bonds is 1. The third-order valence-corrected chi connectivity index (χ3v) is 6.06. The van der Waals surface area contributed by atoms with Crippen molar-refractivity contribution < 1.29 is 0 Å². The lowest BCUT2D eigenvalue weighted by molar-refractivity contribution is 1.44. The zero-order chi connectivity index (χ0) is 18.8. The summed E-state index contributed by atoms with van der Waals surface area (Å²) < 4.78 is 0. The summed E-state index contributed by atoms with van der Waals surface area (Å²) in [6, 6.07) is 31.5. The fourth-order valence-electron chi connectivity index (χ4n) is 4.91. The van der Waals surface area contributed by atoms with Gasteiger partial charge in [-0.3, -0.25) is 0 Å². The first-order chi connectivity index (χ1) is 13.7. The van der Waals surface area contributed by atoms with Gasteiger partial charge in [0.15, 0.2) is 0 Å². The minimum atomic E-state index is 1.30. The SMILES string of the molecule is Cc1cccc(-c2cc(C)cc3c2-c2cc4ccccc4c4cccc-3c24)c1. The molecule has 0 amide bonds. The molecule has 0 N–H and O–H groups in total. The predicted octanol–water partition coefficient (Wildman–Crippen LogP) is 7.92. The van der Waals surface area contributed by atoms with Crippen LogP contribution in [0.15, 0.2) is 84.9 Å². The van der Waals surface area contributed by atoms with Crippen LogP contribution in [0, 0.1) is 13.8 Å². The summed E-state index contributed by atoms with van der Waals surface area (Å²) in [7, 11) is 0. The largest absolute Gasteiger partial charge is 0.0616 e. The van der Waals surface area contributed by atoms with E-state index in [1.54, 1.807) is 0 Å². The summed E-state index contributed by atoms with van der Waals surface area (Å²) in [6.07, 6.45) is 0. The van der Waals surface area contributed by atoms with Crippen LogP contribution in [0.3, 0.4) is 0 Å². The quantitative estimate of drug-likeness (QED) is 0.262. The van der Waals surface area contributed by atoms with Crippen LogP contribution in [-0.2, 0) is 0 Å². The van der Waals surface area contributed by atoms with Gasteiger partial charge in [-0.25, -0.2) is 0 Å². The molecule has 0 atom stereocenters. The molecule has 0 aliphatic heterocycles. The van der Waals surface area contributed by atoms with Gasteiger partial charge in [-0.1, -0.05) is 84.4 Å². The van der Waals surface area contributed by atoms with Gasteiger partial charge in [0.1, 0.15) is 0 Å². The van der Waals surface area contributed by atoms with E-state index < -0.39 is 0 Å². The van der Waals surface area contributed by atoms with Crippen LogP contribution in [0.1, 0.15) is 11.1 Å². The zero-order valence-electron chi connectivity index (χ0n) is 16.1. The molecule has 0 heterocycles. The first-order valence-electron chi connectivity index (χ1n) is 9.87. The second-order valence-corrected chi connectivity index (χ2v) is 7.98. The maximum Gasteiger partial charge on any atom is -0.00197 e. The highest BCUT2D eigenvalue weighted by molar-refractivity contribution is 6.25. The van der Waals surface area contributed by atoms with Crippen molar-refractivity contribution in [3.63, 3.8) is 0 Å². The van der Waals surface area contributed by atoms with E-state index in [4.69, 9.17) is 0 Å². The fraction of sp³-hybridized carbons (Fsp3) is 0.0714. The Labute approximate surface area is 165 Å². The molecule has 5 aromatic rings. The smallest absolute Gasteiger partial charge is 0.00197 e. The monoisotopic (exact) mass is 356 g/mol. The number of hydrogen-bond donors (Lipinski definition) is 0. The highest BCUT2D eigenvalue weighted by Crippen LogP contribution is 2.53. The minimum Gasteiger partial charge on any atom is -0.0616 e. The molecule has 0 heteroatoms. The molecule has 0 nitrogen and oxygen atoms in total. The van der Waals surface area contributed by atoms with Crippen molar-refractivity contribution >= 4 is 21.5 Å². The Kier molecular flexibility index (Phi) is 3.11. The van der Waals surface area contributed by atoms with Gasteiger partial charge in [-0.15, -0.1) is 0 Å². The summed E-state index contributed by atoms with van der Waals surface area (Å²) >= 11 is 0. The zero-order valence-corrected chi connectivity index (χ0v) is 16.1. The average molecular weight is 356 g/mol. The van der Waals surface area contributed by atoms with Gasteiger partial charge in [0, 0.05) is 0 Å². The second-order valence-electron chi connectivity index (χ2n) is 7.98. The van der Waals surface area contributed by atoms with Crippen LogP contribution in [0.25, 0.3) is 54.9 Å². The number of aryl methyl sites for hydroxylation is 2. The number of fused-ring (bicyclic) bond motifs is 5. The number of hydrogen-bond acceptors (Lipinski definition) is 0. The lowest BCUT2D eigenvalue weighted by Gasteiger charge is -2.13. The Balaban J connectivity index is 1.80. The van der Waals surface area contributed by atoms with E-state index in [1.165, 1.54) is 66.1 Å².